The van der Waals surface area contributed by atoms with Crippen LogP contribution in [0.3, 0.4) is 0 Å². The second-order valence-corrected chi connectivity index (χ2v) is 7.02. The summed E-state index contributed by atoms with van der Waals surface area (Å²) in [4.78, 5) is 20.2. The van der Waals surface area contributed by atoms with Crippen molar-refractivity contribution >= 4 is 29.2 Å². The highest BCUT2D eigenvalue weighted by Crippen LogP contribution is 2.36. The SMILES string of the molecule is CC(C)NC(=O)O[C@H]1CC[C@@H](c2cc(Nc3nc4cccnc4o3)n[nH]2)C1. The van der Waals surface area contributed by atoms with Crippen molar-refractivity contribution < 1.29 is 13.9 Å². The molecule has 9 heteroatoms. The molecule has 0 aromatic carbocycles. The maximum atomic E-state index is 11.7. The van der Waals surface area contributed by atoms with Crippen LogP contribution in [0.2, 0.25) is 0 Å². The second-order valence-electron chi connectivity index (χ2n) is 7.02. The molecule has 3 N–H and O–H groups in total. The molecule has 3 heterocycles. The van der Waals surface area contributed by atoms with Crippen LogP contribution in [0, 0.1) is 0 Å². The fourth-order valence-corrected chi connectivity index (χ4v) is 3.29. The van der Waals surface area contributed by atoms with Crippen LogP contribution in [0.5, 0.6) is 0 Å². The van der Waals surface area contributed by atoms with Gasteiger partial charge in [-0.3, -0.25) is 10.4 Å². The number of hydrogen-bond donors (Lipinski definition) is 3. The quantitative estimate of drug-likeness (QED) is 0.629. The van der Waals surface area contributed by atoms with Gasteiger partial charge in [0.05, 0.1) is 0 Å². The zero-order valence-electron chi connectivity index (χ0n) is 15.2. The number of pyridine rings is 1. The number of nitrogens with one attached hydrogen (secondary N) is 3. The molecule has 0 saturated heterocycles. The number of aromatic nitrogens is 4. The molecule has 142 valence electrons. The Morgan fingerprint density at radius 1 is 1.41 bits per heavy atom. The highest BCUT2D eigenvalue weighted by Gasteiger charge is 2.30. The van der Waals surface area contributed by atoms with Gasteiger partial charge in [-0.2, -0.15) is 10.1 Å². The van der Waals surface area contributed by atoms with Crippen molar-refractivity contribution in [3.05, 3.63) is 30.1 Å². The number of ether oxygens (including phenoxy) is 1. The second kappa shape index (κ2) is 7.26. The van der Waals surface area contributed by atoms with Crippen LogP contribution in [0.4, 0.5) is 16.6 Å². The van der Waals surface area contributed by atoms with Gasteiger partial charge in [0.2, 0.25) is 5.71 Å². The summed E-state index contributed by atoms with van der Waals surface area (Å²) in [5.74, 6) is 0.897. The normalized spacial score (nSPS) is 19.5. The van der Waals surface area contributed by atoms with Gasteiger partial charge >= 0.3 is 12.1 Å². The Kier molecular flexibility index (Phi) is 4.66. The van der Waals surface area contributed by atoms with Crippen LogP contribution < -0.4 is 10.6 Å². The summed E-state index contributed by atoms with van der Waals surface area (Å²) in [6, 6.07) is 5.99. The van der Waals surface area contributed by atoms with Crippen LogP contribution in [-0.2, 0) is 4.74 Å². The highest BCUT2D eigenvalue weighted by molar-refractivity contribution is 5.70. The number of aromatic amines is 1. The molecule has 0 bridgehead atoms. The number of alkyl carbamates (subject to hydrolysis) is 1. The molecule has 9 nitrogen and oxygen atoms in total. The van der Waals surface area contributed by atoms with E-state index in [1.54, 1.807) is 12.3 Å². The Morgan fingerprint density at radius 3 is 3.11 bits per heavy atom. The van der Waals surface area contributed by atoms with Crippen LogP contribution in [-0.4, -0.2) is 38.4 Å². The lowest BCUT2D eigenvalue weighted by Gasteiger charge is -2.14. The highest BCUT2D eigenvalue weighted by atomic mass is 16.6. The molecule has 0 spiro atoms. The van der Waals surface area contributed by atoms with Crippen LogP contribution in [0.1, 0.15) is 44.7 Å². The van der Waals surface area contributed by atoms with E-state index in [0.717, 1.165) is 25.0 Å². The molecular formula is C18H22N6O3. The summed E-state index contributed by atoms with van der Waals surface area (Å²) in [6.45, 7) is 3.82. The fraction of sp³-hybridized carbons (Fsp3) is 0.444. The summed E-state index contributed by atoms with van der Waals surface area (Å²) in [7, 11) is 0. The molecule has 27 heavy (non-hydrogen) atoms. The molecule has 4 rings (SSSR count). The first kappa shape index (κ1) is 17.3. The summed E-state index contributed by atoms with van der Waals surface area (Å²) in [6.07, 6.45) is 3.79. The van der Waals surface area contributed by atoms with Gasteiger partial charge < -0.3 is 14.5 Å². The minimum atomic E-state index is -0.354. The fourth-order valence-electron chi connectivity index (χ4n) is 3.29. The van der Waals surface area contributed by atoms with Gasteiger partial charge in [0, 0.05) is 29.9 Å². The summed E-state index contributed by atoms with van der Waals surface area (Å²) in [5.41, 5.74) is 2.17. The molecule has 0 aliphatic heterocycles. The van der Waals surface area contributed by atoms with Gasteiger partial charge in [0.25, 0.3) is 0 Å². The van der Waals surface area contributed by atoms with Crippen molar-refractivity contribution in [2.24, 2.45) is 0 Å². The van der Waals surface area contributed by atoms with E-state index in [1.165, 1.54) is 0 Å². The minimum absolute atomic E-state index is 0.0676. The van der Waals surface area contributed by atoms with Crippen molar-refractivity contribution in [2.75, 3.05) is 5.32 Å². The van der Waals surface area contributed by atoms with Crippen molar-refractivity contribution in [1.29, 1.82) is 0 Å². The van der Waals surface area contributed by atoms with Gasteiger partial charge in [-0.1, -0.05) is 0 Å². The number of rotatable bonds is 5. The molecule has 1 aliphatic carbocycles. The van der Waals surface area contributed by atoms with E-state index in [0.29, 0.717) is 23.1 Å². The molecule has 1 fully saturated rings. The molecule has 1 aliphatic rings. The van der Waals surface area contributed by atoms with E-state index < -0.39 is 0 Å². The van der Waals surface area contributed by atoms with Gasteiger partial charge in [-0.05, 0) is 45.2 Å². The average molecular weight is 370 g/mol. The van der Waals surface area contributed by atoms with E-state index >= 15 is 0 Å². The molecule has 1 amide bonds. The Labute approximate surface area is 155 Å². The standard InChI is InChI=1S/C18H22N6O3/c1-10(2)20-18(25)26-12-6-5-11(8-12)14-9-15(24-23-14)22-17-21-13-4-3-7-19-16(13)27-17/h3-4,7,9-12H,5-6,8H2,1-2H3,(H,20,25)(H2,21,22,23,24)/t11-,12+/m1/s1. The number of fused-ring (bicyclic) bond motifs is 1. The minimum Gasteiger partial charge on any atom is -0.446 e. The number of H-pyrrole nitrogens is 1. The molecule has 3 aromatic rings. The predicted molar refractivity (Wildman–Crippen MR) is 98.8 cm³/mol. The lowest BCUT2D eigenvalue weighted by atomic mass is 10.0. The number of amides is 1. The van der Waals surface area contributed by atoms with Crippen molar-refractivity contribution in [2.45, 2.75) is 51.2 Å². The predicted octanol–water partition coefficient (Wildman–Crippen LogP) is 3.46. The summed E-state index contributed by atoms with van der Waals surface area (Å²) in [5, 5.41) is 13.1. The third-order valence-corrected chi connectivity index (χ3v) is 4.50. The lowest BCUT2D eigenvalue weighted by molar-refractivity contribution is 0.0981. The van der Waals surface area contributed by atoms with E-state index in [9.17, 15) is 4.79 Å². The van der Waals surface area contributed by atoms with Crippen molar-refractivity contribution in [3.63, 3.8) is 0 Å². The van der Waals surface area contributed by atoms with E-state index in [-0.39, 0.29) is 24.2 Å². The first-order chi connectivity index (χ1) is 13.1. The molecule has 3 aromatic heterocycles. The molecule has 0 unspecified atom stereocenters. The van der Waals surface area contributed by atoms with Crippen molar-refractivity contribution in [1.82, 2.24) is 25.5 Å². The zero-order chi connectivity index (χ0) is 18.8. The summed E-state index contributed by atoms with van der Waals surface area (Å²) >= 11 is 0. The maximum Gasteiger partial charge on any atom is 0.407 e. The Bertz CT molecular complexity index is 901. The number of oxazole rings is 1. The van der Waals surface area contributed by atoms with Crippen LogP contribution in [0.25, 0.3) is 11.2 Å². The van der Waals surface area contributed by atoms with E-state index in [2.05, 4.69) is 30.8 Å². The summed E-state index contributed by atoms with van der Waals surface area (Å²) < 4.78 is 11.0. The Morgan fingerprint density at radius 2 is 2.30 bits per heavy atom. The van der Waals surface area contributed by atoms with Crippen molar-refractivity contribution in [3.8, 4) is 0 Å². The van der Waals surface area contributed by atoms with Crippen LogP contribution in [0.15, 0.2) is 28.8 Å². The van der Waals surface area contributed by atoms with Gasteiger partial charge in [-0.15, -0.1) is 0 Å². The van der Waals surface area contributed by atoms with Gasteiger partial charge in [-0.25, -0.2) is 9.78 Å². The van der Waals surface area contributed by atoms with E-state index in [4.69, 9.17) is 9.15 Å². The Balaban J connectivity index is 1.36. The lowest BCUT2D eigenvalue weighted by Crippen LogP contribution is -2.33. The molecular weight excluding hydrogens is 348 g/mol. The monoisotopic (exact) mass is 370 g/mol. The number of carbonyl (C=O) groups excluding carboxylic acids is 1. The topological polar surface area (TPSA) is 118 Å². The number of anilines is 2. The number of carbonyl (C=O) groups is 1. The molecule has 0 radical (unpaired) electrons. The van der Waals surface area contributed by atoms with Gasteiger partial charge in [0.1, 0.15) is 11.6 Å². The molecule has 2 atom stereocenters. The molecule has 1 saturated carbocycles. The third-order valence-electron chi connectivity index (χ3n) is 4.50. The van der Waals surface area contributed by atoms with Gasteiger partial charge in [0.15, 0.2) is 5.82 Å². The number of hydrogen-bond acceptors (Lipinski definition) is 7. The smallest absolute Gasteiger partial charge is 0.407 e. The average Bonchev–Trinajstić information content (AvgIpc) is 3.32. The largest absolute Gasteiger partial charge is 0.446 e. The first-order valence-electron chi connectivity index (χ1n) is 9.08. The zero-order valence-corrected chi connectivity index (χ0v) is 15.2. The Hall–Kier alpha value is -3.10. The third kappa shape index (κ3) is 4.02. The first-order valence-corrected chi connectivity index (χ1v) is 9.08. The van der Waals surface area contributed by atoms with Crippen LogP contribution >= 0.6 is 0 Å². The van der Waals surface area contributed by atoms with E-state index in [1.807, 2.05) is 26.0 Å². The number of nitrogens with zero attached hydrogens (tertiary/aromatic N) is 3. The maximum absolute atomic E-state index is 11.7.